The van der Waals surface area contributed by atoms with Gasteiger partial charge < -0.3 is 15.2 Å². The highest BCUT2D eigenvalue weighted by molar-refractivity contribution is 5.90. The third kappa shape index (κ3) is 4.89. The van der Waals surface area contributed by atoms with E-state index in [1.54, 1.807) is 25.2 Å². The van der Waals surface area contributed by atoms with Gasteiger partial charge in [0.2, 0.25) is 5.91 Å². The van der Waals surface area contributed by atoms with Gasteiger partial charge in [-0.15, -0.1) is 0 Å². The number of benzene rings is 1. The number of ether oxygens (including phenoxy) is 1. The number of carboxylic acid groups (broad SMARTS) is 1. The van der Waals surface area contributed by atoms with E-state index in [0.717, 1.165) is 6.54 Å². The van der Waals surface area contributed by atoms with Crippen molar-refractivity contribution in [2.75, 3.05) is 33.3 Å². The summed E-state index contributed by atoms with van der Waals surface area (Å²) >= 11 is 0. The van der Waals surface area contributed by atoms with Gasteiger partial charge >= 0.3 is 5.97 Å². The largest absolute Gasteiger partial charge is 0.491 e. The molecule has 0 heterocycles. The van der Waals surface area contributed by atoms with E-state index in [1.807, 2.05) is 11.8 Å². The molecule has 20 heavy (non-hydrogen) atoms. The number of carbonyl (C=O) groups is 2. The van der Waals surface area contributed by atoms with Crippen LogP contribution in [0.5, 0.6) is 5.75 Å². The highest BCUT2D eigenvalue weighted by Gasteiger charge is 2.11. The molecule has 1 rings (SSSR count). The monoisotopic (exact) mass is 280 g/mol. The van der Waals surface area contributed by atoms with Crippen molar-refractivity contribution in [1.29, 1.82) is 0 Å². The smallest absolute Gasteiger partial charge is 0.339 e. The molecular weight excluding hydrogens is 260 g/mol. The predicted octanol–water partition coefficient (Wildman–Crippen LogP) is 0.831. The number of hydrogen-bond donors (Lipinski definition) is 2. The molecule has 0 fully saturated rings. The summed E-state index contributed by atoms with van der Waals surface area (Å²) in [5.41, 5.74) is 0.141. The maximum atomic E-state index is 11.3. The molecule has 6 heteroatoms. The summed E-state index contributed by atoms with van der Waals surface area (Å²) in [5.74, 6) is -0.730. The van der Waals surface area contributed by atoms with Crippen molar-refractivity contribution < 1.29 is 19.4 Å². The highest BCUT2D eigenvalue weighted by Crippen LogP contribution is 2.17. The van der Waals surface area contributed by atoms with E-state index in [9.17, 15) is 9.59 Å². The van der Waals surface area contributed by atoms with Crippen LogP contribution in [0.2, 0.25) is 0 Å². The van der Waals surface area contributed by atoms with Gasteiger partial charge in [-0.25, -0.2) is 4.79 Å². The molecule has 2 N–H and O–H groups in total. The fraction of sp³-hybridized carbons (Fsp3) is 0.429. The Kier molecular flexibility index (Phi) is 6.52. The lowest BCUT2D eigenvalue weighted by Gasteiger charge is -2.19. The Labute approximate surface area is 118 Å². The van der Waals surface area contributed by atoms with Gasteiger partial charge in [-0.2, -0.15) is 0 Å². The van der Waals surface area contributed by atoms with Gasteiger partial charge in [0.05, 0.1) is 6.54 Å². The van der Waals surface area contributed by atoms with Gasteiger partial charge in [-0.3, -0.25) is 9.69 Å². The minimum Gasteiger partial charge on any atom is -0.491 e. The second kappa shape index (κ2) is 8.16. The van der Waals surface area contributed by atoms with Crippen molar-refractivity contribution >= 4 is 11.9 Å². The number of nitrogens with zero attached hydrogens (tertiary/aromatic N) is 1. The van der Waals surface area contributed by atoms with Crippen molar-refractivity contribution in [3.63, 3.8) is 0 Å². The van der Waals surface area contributed by atoms with E-state index in [1.165, 1.54) is 6.07 Å². The molecule has 110 valence electrons. The molecule has 0 aromatic heterocycles. The standard InChI is InChI=1S/C14H20N2O4/c1-3-16(10-13(17)15-2)8-9-20-12-7-5-4-6-11(12)14(18)19/h4-7H,3,8-10H2,1-2H3,(H,15,17)(H,18,19). The number of amides is 1. The molecule has 0 atom stereocenters. The molecule has 1 aromatic carbocycles. The maximum absolute atomic E-state index is 11.3. The molecule has 6 nitrogen and oxygen atoms in total. The lowest BCUT2D eigenvalue weighted by molar-refractivity contribution is -0.121. The number of hydrogen-bond acceptors (Lipinski definition) is 4. The zero-order chi connectivity index (χ0) is 15.0. The number of likely N-dealkylation sites (N-methyl/N-ethyl adjacent to an activating group) is 2. The number of rotatable bonds is 8. The first-order valence-electron chi connectivity index (χ1n) is 6.46. The first-order valence-corrected chi connectivity index (χ1v) is 6.46. The Morgan fingerprint density at radius 2 is 2.05 bits per heavy atom. The van der Waals surface area contributed by atoms with E-state index in [0.29, 0.717) is 25.4 Å². The van der Waals surface area contributed by atoms with E-state index >= 15 is 0 Å². The Morgan fingerprint density at radius 1 is 1.35 bits per heavy atom. The van der Waals surface area contributed by atoms with Crippen LogP contribution in [0.15, 0.2) is 24.3 Å². The number of aromatic carboxylic acids is 1. The maximum Gasteiger partial charge on any atom is 0.339 e. The van der Waals surface area contributed by atoms with Gasteiger partial charge in [0.25, 0.3) is 0 Å². The van der Waals surface area contributed by atoms with Crippen molar-refractivity contribution in [1.82, 2.24) is 10.2 Å². The fourth-order valence-corrected chi connectivity index (χ4v) is 1.69. The van der Waals surface area contributed by atoms with Crippen LogP contribution in [0, 0.1) is 0 Å². The van der Waals surface area contributed by atoms with Crippen molar-refractivity contribution in [2.24, 2.45) is 0 Å². The second-order valence-corrected chi connectivity index (χ2v) is 4.19. The number of carbonyl (C=O) groups excluding carboxylic acids is 1. The van der Waals surface area contributed by atoms with Gasteiger partial charge in [0.15, 0.2) is 0 Å². The number of para-hydroxylation sites is 1. The van der Waals surface area contributed by atoms with Crippen LogP contribution in [0.25, 0.3) is 0 Å². The minimum atomic E-state index is -1.02. The molecule has 1 aromatic rings. The van der Waals surface area contributed by atoms with Crippen LogP contribution in [0.1, 0.15) is 17.3 Å². The molecule has 0 radical (unpaired) electrons. The topological polar surface area (TPSA) is 78.9 Å². The molecule has 0 saturated heterocycles. The zero-order valence-electron chi connectivity index (χ0n) is 11.8. The Bertz CT molecular complexity index is 462. The molecule has 0 aliphatic rings. The van der Waals surface area contributed by atoms with Crippen molar-refractivity contribution in [3.05, 3.63) is 29.8 Å². The third-order valence-corrected chi connectivity index (χ3v) is 2.88. The summed E-state index contributed by atoms with van der Waals surface area (Å²) in [6, 6.07) is 6.50. The molecular formula is C14H20N2O4. The van der Waals surface area contributed by atoms with Crippen LogP contribution in [0.3, 0.4) is 0 Å². The van der Waals surface area contributed by atoms with Crippen LogP contribution in [0.4, 0.5) is 0 Å². The fourth-order valence-electron chi connectivity index (χ4n) is 1.69. The summed E-state index contributed by atoms with van der Waals surface area (Å²) in [4.78, 5) is 24.2. The Balaban J connectivity index is 2.51. The summed E-state index contributed by atoms with van der Waals surface area (Å²) in [7, 11) is 1.59. The molecule has 0 unspecified atom stereocenters. The van der Waals surface area contributed by atoms with Gasteiger partial charge in [-0.05, 0) is 18.7 Å². The Hall–Kier alpha value is -2.08. The lowest BCUT2D eigenvalue weighted by Crippen LogP contribution is -2.37. The number of nitrogens with one attached hydrogen (secondary N) is 1. The summed E-state index contributed by atoms with van der Waals surface area (Å²) in [6.07, 6.45) is 0. The SMILES string of the molecule is CCN(CCOc1ccccc1C(=O)O)CC(=O)NC. The zero-order valence-corrected chi connectivity index (χ0v) is 11.8. The van der Waals surface area contributed by atoms with Crippen molar-refractivity contribution in [3.8, 4) is 5.75 Å². The molecule has 0 bridgehead atoms. The second-order valence-electron chi connectivity index (χ2n) is 4.19. The van der Waals surface area contributed by atoms with Crippen LogP contribution < -0.4 is 10.1 Å². The van der Waals surface area contributed by atoms with Crippen molar-refractivity contribution in [2.45, 2.75) is 6.92 Å². The summed E-state index contributed by atoms with van der Waals surface area (Å²) < 4.78 is 5.49. The van der Waals surface area contributed by atoms with E-state index in [4.69, 9.17) is 9.84 Å². The molecule has 1 amide bonds. The quantitative estimate of drug-likeness (QED) is 0.737. The van der Waals surface area contributed by atoms with E-state index < -0.39 is 5.97 Å². The number of carboxylic acids is 1. The first kappa shape index (κ1) is 16.0. The van der Waals surface area contributed by atoms with E-state index in [-0.39, 0.29) is 11.5 Å². The average Bonchev–Trinajstić information content (AvgIpc) is 2.46. The molecule has 0 aliphatic heterocycles. The summed E-state index contributed by atoms with van der Waals surface area (Å²) in [6.45, 7) is 3.86. The normalized spacial score (nSPS) is 10.3. The van der Waals surface area contributed by atoms with Crippen LogP contribution >= 0.6 is 0 Å². The summed E-state index contributed by atoms with van der Waals surface area (Å²) in [5, 5.41) is 11.6. The molecule has 0 saturated carbocycles. The Morgan fingerprint density at radius 3 is 2.65 bits per heavy atom. The predicted molar refractivity (Wildman–Crippen MR) is 75.1 cm³/mol. The minimum absolute atomic E-state index is 0.0576. The van der Waals surface area contributed by atoms with Gasteiger partial charge in [0.1, 0.15) is 17.9 Å². The van der Waals surface area contributed by atoms with Gasteiger partial charge in [-0.1, -0.05) is 19.1 Å². The molecule has 0 spiro atoms. The average molecular weight is 280 g/mol. The van der Waals surface area contributed by atoms with Crippen LogP contribution in [-0.4, -0.2) is 55.2 Å². The highest BCUT2D eigenvalue weighted by atomic mass is 16.5. The van der Waals surface area contributed by atoms with E-state index in [2.05, 4.69) is 5.32 Å². The lowest BCUT2D eigenvalue weighted by atomic mass is 10.2. The third-order valence-electron chi connectivity index (χ3n) is 2.88. The first-order chi connectivity index (χ1) is 9.58. The van der Waals surface area contributed by atoms with Crippen LogP contribution in [-0.2, 0) is 4.79 Å². The van der Waals surface area contributed by atoms with Gasteiger partial charge in [0, 0.05) is 13.6 Å². The molecule has 0 aliphatic carbocycles.